The van der Waals surface area contributed by atoms with Gasteiger partial charge >= 0.3 is 0 Å². The van der Waals surface area contributed by atoms with Crippen molar-refractivity contribution in [2.75, 3.05) is 20.3 Å². The summed E-state index contributed by atoms with van der Waals surface area (Å²) < 4.78 is 10.9. The molecular formula is C15H22N2O2. The van der Waals surface area contributed by atoms with Crippen molar-refractivity contribution in [1.82, 2.24) is 5.32 Å². The van der Waals surface area contributed by atoms with Gasteiger partial charge in [0, 0.05) is 0 Å². The van der Waals surface area contributed by atoms with Crippen LogP contribution in [0.2, 0.25) is 0 Å². The molecule has 0 aliphatic rings. The normalized spacial score (nSPS) is 11.7. The second kappa shape index (κ2) is 8.39. The van der Waals surface area contributed by atoms with Gasteiger partial charge in [0.1, 0.15) is 6.04 Å². The number of benzene rings is 1. The largest absolute Gasteiger partial charge is 0.493 e. The number of nitrogens with zero attached hydrogens (tertiary/aromatic N) is 1. The van der Waals surface area contributed by atoms with Gasteiger partial charge < -0.3 is 9.47 Å². The van der Waals surface area contributed by atoms with Crippen molar-refractivity contribution in [3.05, 3.63) is 23.8 Å². The minimum Gasteiger partial charge on any atom is -0.493 e. The minimum absolute atomic E-state index is 0.311. The Morgan fingerprint density at radius 3 is 2.63 bits per heavy atom. The summed E-state index contributed by atoms with van der Waals surface area (Å²) in [5.74, 6) is 1.39. The maximum absolute atomic E-state index is 9.20. The van der Waals surface area contributed by atoms with Gasteiger partial charge in [-0.15, -0.1) is 0 Å². The molecule has 1 aromatic rings. The number of hydrogen-bond donors (Lipinski definition) is 1. The molecular weight excluding hydrogens is 240 g/mol. The number of nitrogens with one attached hydrogen (secondary N) is 1. The maximum Gasteiger partial charge on any atom is 0.161 e. The third-order valence-electron chi connectivity index (χ3n) is 2.71. The van der Waals surface area contributed by atoms with Gasteiger partial charge in [0.25, 0.3) is 0 Å². The molecule has 4 heteroatoms. The summed E-state index contributed by atoms with van der Waals surface area (Å²) in [6, 6.07) is 7.58. The smallest absolute Gasteiger partial charge is 0.161 e. The van der Waals surface area contributed by atoms with Gasteiger partial charge in [-0.05, 0) is 37.1 Å². The Bertz CT molecular complexity index is 427. The van der Waals surface area contributed by atoms with Crippen LogP contribution in [-0.4, -0.2) is 20.3 Å². The first-order valence-electron chi connectivity index (χ1n) is 6.70. The molecule has 4 nitrogen and oxygen atoms in total. The first-order valence-corrected chi connectivity index (χ1v) is 6.70. The number of hydrogen-bond acceptors (Lipinski definition) is 4. The van der Waals surface area contributed by atoms with Crippen LogP contribution in [-0.2, 0) is 0 Å². The van der Waals surface area contributed by atoms with Crippen molar-refractivity contribution in [1.29, 1.82) is 5.26 Å². The second-order valence-electron chi connectivity index (χ2n) is 4.27. The predicted octanol–water partition coefficient (Wildman–Crippen LogP) is 3.05. The van der Waals surface area contributed by atoms with Crippen molar-refractivity contribution >= 4 is 0 Å². The van der Waals surface area contributed by atoms with Crippen molar-refractivity contribution < 1.29 is 9.47 Å². The fraction of sp³-hybridized carbons (Fsp3) is 0.533. The molecule has 0 fully saturated rings. The van der Waals surface area contributed by atoms with Gasteiger partial charge in [0.15, 0.2) is 11.5 Å². The molecule has 104 valence electrons. The first kappa shape index (κ1) is 15.3. The SMILES string of the molecule is CCCNC(C#N)c1ccc(OCCC)c(OC)c1. The zero-order valence-corrected chi connectivity index (χ0v) is 11.9. The highest BCUT2D eigenvalue weighted by atomic mass is 16.5. The molecule has 1 atom stereocenters. The molecule has 1 N–H and O–H groups in total. The lowest BCUT2D eigenvalue weighted by atomic mass is 10.1. The van der Waals surface area contributed by atoms with Gasteiger partial charge in [0.2, 0.25) is 0 Å². The highest BCUT2D eigenvalue weighted by Crippen LogP contribution is 2.30. The van der Waals surface area contributed by atoms with E-state index in [4.69, 9.17) is 9.47 Å². The molecule has 1 rings (SSSR count). The van der Waals surface area contributed by atoms with Gasteiger partial charge in [-0.3, -0.25) is 5.32 Å². The summed E-state index contributed by atoms with van der Waals surface area (Å²) in [7, 11) is 1.61. The molecule has 0 saturated heterocycles. The van der Waals surface area contributed by atoms with Crippen LogP contribution in [0.5, 0.6) is 11.5 Å². The van der Waals surface area contributed by atoms with E-state index in [1.54, 1.807) is 7.11 Å². The van der Waals surface area contributed by atoms with Gasteiger partial charge in [-0.2, -0.15) is 5.26 Å². The van der Waals surface area contributed by atoms with E-state index in [1.807, 2.05) is 18.2 Å². The van der Waals surface area contributed by atoms with Gasteiger partial charge in [0.05, 0.1) is 19.8 Å². The number of nitriles is 1. The van der Waals surface area contributed by atoms with Gasteiger partial charge in [-0.1, -0.05) is 19.9 Å². The summed E-state index contributed by atoms with van der Waals surface area (Å²) in [5.41, 5.74) is 0.900. The Morgan fingerprint density at radius 1 is 1.26 bits per heavy atom. The Morgan fingerprint density at radius 2 is 2.05 bits per heavy atom. The standard InChI is InChI=1S/C15H22N2O2/c1-4-8-17-13(11-16)12-6-7-14(19-9-5-2)15(10-12)18-3/h6-7,10,13,17H,4-5,8-9H2,1-3H3. The third kappa shape index (κ3) is 4.46. The van der Waals surface area contributed by atoms with E-state index in [0.717, 1.165) is 30.7 Å². The van der Waals surface area contributed by atoms with Crippen LogP contribution in [0.4, 0.5) is 0 Å². The van der Waals surface area contributed by atoms with Crippen LogP contribution >= 0.6 is 0 Å². The maximum atomic E-state index is 9.20. The predicted molar refractivity (Wildman–Crippen MR) is 75.4 cm³/mol. The lowest BCUT2D eigenvalue weighted by molar-refractivity contribution is 0.294. The Balaban J connectivity index is 2.88. The Hall–Kier alpha value is -1.73. The van der Waals surface area contributed by atoms with Crippen LogP contribution in [0.25, 0.3) is 0 Å². The Labute approximate surface area is 115 Å². The van der Waals surface area contributed by atoms with E-state index in [2.05, 4.69) is 25.2 Å². The van der Waals surface area contributed by atoms with Crippen LogP contribution in [0.3, 0.4) is 0 Å². The van der Waals surface area contributed by atoms with Crippen molar-refractivity contribution in [3.63, 3.8) is 0 Å². The van der Waals surface area contributed by atoms with Gasteiger partial charge in [-0.25, -0.2) is 0 Å². The fourth-order valence-electron chi connectivity index (χ4n) is 1.72. The van der Waals surface area contributed by atoms with E-state index in [0.29, 0.717) is 12.4 Å². The molecule has 0 saturated carbocycles. The van der Waals surface area contributed by atoms with E-state index in [1.165, 1.54) is 0 Å². The molecule has 1 aromatic carbocycles. The summed E-state index contributed by atoms with van der Waals surface area (Å²) in [6.07, 6.45) is 1.94. The average Bonchev–Trinajstić information content (AvgIpc) is 2.46. The second-order valence-corrected chi connectivity index (χ2v) is 4.27. The first-order chi connectivity index (χ1) is 9.26. The zero-order chi connectivity index (χ0) is 14.1. The highest BCUT2D eigenvalue weighted by Gasteiger charge is 2.13. The summed E-state index contributed by atoms with van der Waals surface area (Å²) >= 11 is 0. The molecule has 0 amide bonds. The fourth-order valence-corrected chi connectivity index (χ4v) is 1.72. The lowest BCUT2D eigenvalue weighted by Crippen LogP contribution is -2.20. The molecule has 0 spiro atoms. The molecule has 0 heterocycles. The molecule has 19 heavy (non-hydrogen) atoms. The lowest BCUT2D eigenvalue weighted by Gasteiger charge is -2.15. The van der Waals surface area contributed by atoms with E-state index in [9.17, 15) is 5.26 Å². The topological polar surface area (TPSA) is 54.3 Å². The van der Waals surface area contributed by atoms with E-state index >= 15 is 0 Å². The molecule has 0 aromatic heterocycles. The van der Waals surface area contributed by atoms with E-state index in [-0.39, 0.29) is 6.04 Å². The third-order valence-corrected chi connectivity index (χ3v) is 2.71. The van der Waals surface area contributed by atoms with Crippen LogP contribution in [0, 0.1) is 11.3 Å². The number of ether oxygens (including phenoxy) is 2. The monoisotopic (exact) mass is 262 g/mol. The molecule has 1 unspecified atom stereocenters. The summed E-state index contributed by atoms with van der Waals surface area (Å²) in [6.45, 7) is 5.60. The zero-order valence-electron chi connectivity index (χ0n) is 11.9. The number of methoxy groups -OCH3 is 1. The van der Waals surface area contributed by atoms with Crippen molar-refractivity contribution in [3.8, 4) is 17.6 Å². The summed E-state index contributed by atoms with van der Waals surface area (Å²) in [4.78, 5) is 0. The highest BCUT2D eigenvalue weighted by molar-refractivity contribution is 5.44. The van der Waals surface area contributed by atoms with Crippen LogP contribution in [0.1, 0.15) is 38.3 Å². The molecule has 0 aliphatic heterocycles. The minimum atomic E-state index is -0.311. The molecule has 0 aliphatic carbocycles. The average molecular weight is 262 g/mol. The van der Waals surface area contributed by atoms with Crippen LogP contribution in [0.15, 0.2) is 18.2 Å². The number of rotatable bonds is 8. The van der Waals surface area contributed by atoms with Crippen molar-refractivity contribution in [2.24, 2.45) is 0 Å². The summed E-state index contributed by atoms with van der Waals surface area (Å²) in [5, 5.41) is 12.4. The van der Waals surface area contributed by atoms with E-state index < -0.39 is 0 Å². The molecule has 0 bridgehead atoms. The van der Waals surface area contributed by atoms with Crippen molar-refractivity contribution in [2.45, 2.75) is 32.7 Å². The quantitative estimate of drug-likeness (QED) is 0.782. The molecule has 0 radical (unpaired) electrons. The van der Waals surface area contributed by atoms with Crippen LogP contribution < -0.4 is 14.8 Å². The Kier molecular flexibility index (Phi) is 6.76.